The Labute approximate surface area is 103 Å². The van der Waals surface area contributed by atoms with Crippen molar-refractivity contribution in [3.05, 3.63) is 17.7 Å². The second-order valence-electron chi connectivity index (χ2n) is 4.01. The van der Waals surface area contributed by atoms with E-state index in [0.29, 0.717) is 11.5 Å². The molecular formula is C13H21NO3. The second-order valence-corrected chi connectivity index (χ2v) is 4.01. The molecule has 0 amide bonds. The fourth-order valence-corrected chi connectivity index (χ4v) is 1.74. The SMILES string of the molecule is COc1ccc(CCC(C)N)c(OC)c1OC. The predicted octanol–water partition coefficient (Wildman–Crippen LogP) is 1.99. The van der Waals surface area contributed by atoms with Crippen molar-refractivity contribution in [2.45, 2.75) is 25.8 Å². The van der Waals surface area contributed by atoms with E-state index in [1.807, 2.05) is 19.1 Å². The van der Waals surface area contributed by atoms with Gasteiger partial charge in [0.1, 0.15) is 0 Å². The molecule has 4 heteroatoms. The van der Waals surface area contributed by atoms with Crippen LogP contribution >= 0.6 is 0 Å². The van der Waals surface area contributed by atoms with E-state index in [1.165, 1.54) is 0 Å². The molecule has 4 nitrogen and oxygen atoms in total. The molecule has 0 aliphatic carbocycles. The molecule has 17 heavy (non-hydrogen) atoms. The van der Waals surface area contributed by atoms with Crippen molar-refractivity contribution in [2.75, 3.05) is 21.3 Å². The lowest BCUT2D eigenvalue weighted by atomic mass is 10.0. The van der Waals surface area contributed by atoms with E-state index in [1.54, 1.807) is 21.3 Å². The van der Waals surface area contributed by atoms with Crippen LogP contribution in [0.15, 0.2) is 12.1 Å². The summed E-state index contributed by atoms with van der Waals surface area (Å²) in [6, 6.07) is 4.05. The van der Waals surface area contributed by atoms with Gasteiger partial charge in [-0.25, -0.2) is 0 Å². The van der Waals surface area contributed by atoms with Crippen molar-refractivity contribution in [1.29, 1.82) is 0 Å². The monoisotopic (exact) mass is 239 g/mol. The zero-order valence-corrected chi connectivity index (χ0v) is 10.9. The lowest BCUT2D eigenvalue weighted by Crippen LogP contribution is -2.15. The molecule has 0 saturated carbocycles. The summed E-state index contributed by atoms with van der Waals surface area (Å²) >= 11 is 0. The zero-order valence-electron chi connectivity index (χ0n) is 10.9. The van der Waals surface area contributed by atoms with Crippen LogP contribution < -0.4 is 19.9 Å². The molecule has 96 valence electrons. The summed E-state index contributed by atoms with van der Waals surface area (Å²) in [5.41, 5.74) is 6.85. The maximum Gasteiger partial charge on any atom is 0.203 e. The zero-order chi connectivity index (χ0) is 12.8. The number of aryl methyl sites for hydroxylation is 1. The van der Waals surface area contributed by atoms with Gasteiger partial charge < -0.3 is 19.9 Å². The molecule has 1 atom stereocenters. The first-order valence-electron chi connectivity index (χ1n) is 5.67. The second kappa shape index (κ2) is 6.35. The van der Waals surface area contributed by atoms with Gasteiger partial charge in [-0.1, -0.05) is 6.07 Å². The predicted molar refractivity (Wildman–Crippen MR) is 68.1 cm³/mol. The maximum atomic E-state index is 5.76. The van der Waals surface area contributed by atoms with E-state index in [0.717, 1.165) is 24.2 Å². The fourth-order valence-electron chi connectivity index (χ4n) is 1.74. The standard InChI is InChI=1S/C13H21NO3/c1-9(14)5-6-10-7-8-11(15-2)13(17-4)12(10)16-3/h7-9H,5-6,14H2,1-4H3. The number of nitrogens with two attached hydrogens (primary N) is 1. The van der Waals surface area contributed by atoms with Crippen molar-refractivity contribution >= 4 is 0 Å². The first-order valence-corrected chi connectivity index (χ1v) is 5.67. The summed E-state index contributed by atoms with van der Waals surface area (Å²) in [7, 11) is 4.85. The van der Waals surface area contributed by atoms with Gasteiger partial charge in [0, 0.05) is 6.04 Å². The van der Waals surface area contributed by atoms with Gasteiger partial charge >= 0.3 is 0 Å². The lowest BCUT2D eigenvalue weighted by molar-refractivity contribution is 0.322. The quantitative estimate of drug-likeness (QED) is 0.825. The molecule has 0 aliphatic heterocycles. The number of hydrogen-bond donors (Lipinski definition) is 1. The van der Waals surface area contributed by atoms with Crippen LogP contribution in [0.25, 0.3) is 0 Å². The molecule has 0 fully saturated rings. The Morgan fingerprint density at radius 2 is 1.71 bits per heavy atom. The van der Waals surface area contributed by atoms with Crippen molar-refractivity contribution < 1.29 is 14.2 Å². The third-order valence-electron chi connectivity index (χ3n) is 2.65. The van der Waals surface area contributed by atoms with E-state index >= 15 is 0 Å². The van der Waals surface area contributed by atoms with Gasteiger partial charge in [-0.05, 0) is 31.4 Å². The van der Waals surface area contributed by atoms with Crippen LogP contribution in [0.5, 0.6) is 17.2 Å². The summed E-state index contributed by atoms with van der Waals surface area (Å²) < 4.78 is 16.0. The summed E-state index contributed by atoms with van der Waals surface area (Å²) in [4.78, 5) is 0. The number of methoxy groups -OCH3 is 3. The average Bonchev–Trinajstić information content (AvgIpc) is 2.34. The maximum absolute atomic E-state index is 5.76. The van der Waals surface area contributed by atoms with Crippen LogP contribution in [0.3, 0.4) is 0 Å². The molecule has 0 spiro atoms. The van der Waals surface area contributed by atoms with E-state index in [4.69, 9.17) is 19.9 Å². The Morgan fingerprint density at radius 1 is 1.06 bits per heavy atom. The molecular weight excluding hydrogens is 218 g/mol. The molecule has 0 aromatic heterocycles. The molecule has 2 N–H and O–H groups in total. The molecule has 1 rings (SSSR count). The minimum absolute atomic E-state index is 0.174. The van der Waals surface area contributed by atoms with Gasteiger partial charge in [0.25, 0.3) is 0 Å². The minimum atomic E-state index is 0.174. The molecule has 0 heterocycles. The van der Waals surface area contributed by atoms with Crippen LogP contribution in [-0.2, 0) is 6.42 Å². The van der Waals surface area contributed by atoms with Gasteiger partial charge in [-0.15, -0.1) is 0 Å². The van der Waals surface area contributed by atoms with E-state index in [9.17, 15) is 0 Å². The first kappa shape index (κ1) is 13.6. The van der Waals surface area contributed by atoms with Crippen molar-refractivity contribution in [2.24, 2.45) is 5.73 Å². The third kappa shape index (κ3) is 3.27. The van der Waals surface area contributed by atoms with E-state index in [2.05, 4.69) is 0 Å². The Morgan fingerprint density at radius 3 is 2.18 bits per heavy atom. The number of ether oxygens (including phenoxy) is 3. The highest BCUT2D eigenvalue weighted by molar-refractivity contribution is 5.55. The molecule has 0 saturated heterocycles. The van der Waals surface area contributed by atoms with Crippen LogP contribution in [-0.4, -0.2) is 27.4 Å². The fraction of sp³-hybridized carbons (Fsp3) is 0.538. The van der Waals surface area contributed by atoms with Crippen LogP contribution in [0.4, 0.5) is 0 Å². The molecule has 0 aliphatic rings. The van der Waals surface area contributed by atoms with Crippen LogP contribution in [0.2, 0.25) is 0 Å². The lowest BCUT2D eigenvalue weighted by Gasteiger charge is -2.16. The Hall–Kier alpha value is -1.42. The highest BCUT2D eigenvalue weighted by Gasteiger charge is 2.15. The third-order valence-corrected chi connectivity index (χ3v) is 2.65. The number of rotatable bonds is 6. The molecule has 1 unspecified atom stereocenters. The topological polar surface area (TPSA) is 53.7 Å². The Balaban J connectivity index is 3.05. The van der Waals surface area contributed by atoms with Crippen molar-refractivity contribution in [1.82, 2.24) is 0 Å². The van der Waals surface area contributed by atoms with Crippen molar-refractivity contribution in [3.63, 3.8) is 0 Å². The van der Waals surface area contributed by atoms with Crippen LogP contribution in [0, 0.1) is 0 Å². The highest BCUT2D eigenvalue weighted by atomic mass is 16.5. The van der Waals surface area contributed by atoms with Crippen LogP contribution in [0.1, 0.15) is 18.9 Å². The van der Waals surface area contributed by atoms with Crippen molar-refractivity contribution in [3.8, 4) is 17.2 Å². The van der Waals surface area contributed by atoms with Gasteiger partial charge in [-0.3, -0.25) is 0 Å². The molecule has 0 bridgehead atoms. The summed E-state index contributed by atoms with van der Waals surface area (Å²) in [6.45, 7) is 1.99. The van der Waals surface area contributed by atoms with Gasteiger partial charge in [0.15, 0.2) is 11.5 Å². The van der Waals surface area contributed by atoms with E-state index < -0.39 is 0 Å². The minimum Gasteiger partial charge on any atom is -0.493 e. The smallest absolute Gasteiger partial charge is 0.203 e. The number of hydrogen-bond acceptors (Lipinski definition) is 4. The molecule has 1 aromatic carbocycles. The molecule has 0 radical (unpaired) electrons. The largest absolute Gasteiger partial charge is 0.493 e. The molecule has 1 aromatic rings. The first-order chi connectivity index (χ1) is 8.13. The van der Waals surface area contributed by atoms with Gasteiger partial charge in [-0.2, -0.15) is 0 Å². The summed E-state index contributed by atoms with van der Waals surface area (Å²) in [5.74, 6) is 2.04. The van der Waals surface area contributed by atoms with Gasteiger partial charge in [0.05, 0.1) is 21.3 Å². The summed E-state index contributed by atoms with van der Waals surface area (Å²) in [5, 5.41) is 0. The Kier molecular flexibility index (Phi) is 5.10. The number of benzene rings is 1. The normalized spacial score (nSPS) is 12.1. The summed E-state index contributed by atoms with van der Waals surface area (Å²) in [6.07, 6.45) is 1.77. The highest BCUT2D eigenvalue weighted by Crippen LogP contribution is 2.40. The van der Waals surface area contributed by atoms with E-state index in [-0.39, 0.29) is 6.04 Å². The Bertz CT molecular complexity index is 364. The van der Waals surface area contributed by atoms with Gasteiger partial charge in [0.2, 0.25) is 5.75 Å². The average molecular weight is 239 g/mol.